The van der Waals surface area contributed by atoms with Crippen LogP contribution in [0.1, 0.15) is 200 Å². The third kappa shape index (κ3) is 74.3. The van der Waals surface area contributed by atoms with Gasteiger partial charge in [-0.2, -0.15) is 0 Å². The van der Waals surface area contributed by atoms with E-state index >= 15 is 0 Å². The minimum atomic E-state index is -1.57. The minimum absolute atomic E-state index is 0.0925. The maximum absolute atomic E-state index is 5.84. The van der Waals surface area contributed by atoms with Gasteiger partial charge in [0.2, 0.25) is 0 Å². The maximum atomic E-state index is 5.84. The molecule has 2 aliphatic heterocycles. The molecule has 9 atom stereocenters. The Morgan fingerprint density at radius 3 is 0.866 bits per heavy atom. The molecule has 0 amide bonds. The number of nitrogens with zero attached hydrogens (tertiary/aromatic N) is 3. The zero-order valence-electron chi connectivity index (χ0n) is 92.0. The molecule has 0 spiro atoms. The molecule has 4 aromatic rings. The monoisotopic (exact) mass is 2430 g/mol. The van der Waals surface area contributed by atoms with Crippen molar-refractivity contribution in [1.29, 1.82) is 0 Å². The second kappa shape index (κ2) is 104. The molecule has 2 aromatic heterocycles. The molecule has 4 heterocycles. The van der Waals surface area contributed by atoms with Crippen LogP contribution in [0, 0.1) is 0 Å². The summed E-state index contributed by atoms with van der Waals surface area (Å²) < 4.78 is 236. The second-order valence-electron chi connectivity index (χ2n) is 26.3. The van der Waals surface area contributed by atoms with Gasteiger partial charge in [-0.3, -0.25) is 42.1 Å². The highest BCUT2D eigenvalue weighted by molar-refractivity contribution is 7.81. The van der Waals surface area contributed by atoms with E-state index in [1.807, 2.05) is 242 Å². The number of rotatable bonds is 87. The fraction of sp³-hybridized carbons (Fsp3) is 0.782. The first-order valence-electron chi connectivity index (χ1n) is 49.8. The Hall–Kier alpha value is 0.900. The fourth-order valence-corrected chi connectivity index (χ4v) is 23.2. The van der Waals surface area contributed by atoms with Crippen LogP contribution in [0.4, 0.5) is 0 Å². The van der Waals surface area contributed by atoms with Crippen molar-refractivity contribution in [2.45, 2.75) is 243 Å². The number of hydrogen-bond acceptors (Lipinski definition) is 48. The molecule has 2 aliphatic rings. The van der Waals surface area contributed by atoms with E-state index in [1.165, 1.54) is 0 Å². The van der Waals surface area contributed by atoms with Gasteiger partial charge in [0.25, 0.3) is 0 Å². The molecule has 6 rings (SSSR count). The van der Waals surface area contributed by atoms with E-state index in [1.54, 1.807) is 12.4 Å². The molecular formula is C87H172N4O43P14S. The molecule has 2 N–H and O–H groups in total. The average Bonchev–Trinajstić information content (AvgIpc) is 0.781. The number of aliphatic imine (C=N–C) groups is 1. The lowest BCUT2D eigenvalue weighted by Crippen LogP contribution is -2.27. The highest BCUT2D eigenvalue weighted by Crippen LogP contribution is 2.56. The Morgan fingerprint density at radius 1 is 0.295 bits per heavy atom. The molecule has 2 aromatic carbocycles. The summed E-state index contributed by atoms with van der Waals surface area (Å²) in [5, 5.41) is 1.71. The van der Waals surface area contributed by atoms with Gasteiger partial charge in [-0.15, -0.1) is 12.6 Å². The predicted molar refractivity (Wildman–Crippen MR) is 594 cm³/mol. The van der Waals surface area contributed by atoms with Gasteiger partial charge in [0.05, 0.1) is 232 Å². The van der Waals surface area contributed by atoms with E-state index in [9.17, 15) is 0 Å². The smallest absolute Gasteiger partial charge is 0.417 e. The van der Waals surface area contributed by atoms with Gasteiger partial charge in [-0.05, 0) is 236 Å². The molecule has 0 aliphatic carbocycles. The molecule has 62 heteroatoms. The quantitative estimate of drug-likeness (QED) is 0.0136. The van der Waals surface area contributed by atoms with Crippen LogP contribution in [-0.2, 0) is 177 Å². The second-order valence-corrected chi connectivity index (χ2v) is 43.3. The van der Waals surface area contributed by atoms with Gasteiger partial charge in [-0.1, -0.05) is 19.1 Å². The molecular weight excluding hydrogens is 2250 g/mol. The van der Waals surface area contributed by atoms with Crippen LogP contribution < -0.4 is 23.8 Å². The molecule has 9 unspecified atom stereocenters. The molecule has 0 bridgehead atoms. The summed E-state index contributed by atoms with van der Waals surface area (Å²) in [7, 11) is -19.6. The molecule has 149 heavy (non-hydrogen) atoms. The minimum Gasteiger partial charge on any atom is -0.417 e. The Kier molecular flexibility index (Phi) is 105. The number of hydrogen-bond donors (Lipinski definition) is 2. The zero-order chi connectivity index (χ0) is 111. The third-order valence-corrected chi connectivity index (χ3v) is 33.9. The summed E-state index contributed by atoms with van der Waals surface area (Å²) in [5.74, 6) is 2.82. The lowest BCUT2D eigenvalue weighted by molar-refractivity contribution is -0.108. The van der Waals surface area contributed by atoms with Gasteiger partial charge in [0.15, 0.2) is 12.5 Å². The van der Waals surface area contributed by atoms with Gasteiger partial charge in [0.1, 0.15) is 47.9 Å². The summed E-state index contributed by atoms with van der Waals surface area (Å²) in [6.07, 6.45) is 1.97. The van der Waals surface area contributed by atoms with Crippen molar-refractivity contribution in [3.63, 3.8) is 0 Å². The average molecular weight is 2430 g/mol. The van der Waals surface area contributed by atoms with E-state index in [-0.39, 0.29) is 58.0 Å². The van der Waals surface area contributed by atoms with Crippen molar-refractivity contribution in [2.24, 2.45) is 10.7 Å². The topological polar surface area (TPSA) is 461 Å². The number of nitrogens with two attached hydrogens (primary N) is 1. The van der Waals surface area contributed by atoms with E-state index < -0.39 is 145 Å². The Labute approximate surface area is 909 Å². The largest absolute Gasteiger partial charge is 0.463 e. The summed E-state index contributed by atoms with van der Waals surface area (Å²) in [6.45, 7) is 71.5. The predicted octanol–water partition coefficient (Wildman–Crippen LogP) is 28.7. The standard InChI is InChI=1S/C20H14N2O6P2.C12H28O7P2.2C12H28O6P2.C11H25NO6P2.C10H25NO6P2.C10H24O6P2S/c1-3-13-19-15(5-1)25-29(27-17(19)7-9-21-13)23-11-12-24-30-26-16-6-2-4-14-20(16)18(28-30)8-10-22-14;1-6-13-12(19-21(16-9-4)17-10-5)11-18-20(14-7-2)15-8-3;1-7-13-19(14-8-2)17-11(5)12(6)18-20(15-9-3)16-10-4;1-6-12(18-20(15-9-4)16-10-5)11-17-19(13-7-2)14-8-3;1-6-13-19(14-7-2)17-10-11(12-5)18-20(15-8-3)16-9-4;1-5-12-18(13-6-2)16-9-10(11)17-19(14-7-3)15-8-4;1-5-11-17(12-6-2)15-9-10(19)16-18(13-7-3)14-8-4/h1-10H,11-12H2;12H,6-11H2,1-5H3;11-12H,7-10H2,1-6H3;12H,6-11H2,1-5H3;11H,5-10H2,1-4H3;10H,5-9,11H2,1-4H3;10,19H,5-9H2,1-4H3. The number of aromatic nitrogens is 2. The van der Waals surface area contributed by atoms with Gasteiger partial charge >= 0.3 is 120 Å². The Morgan fingerprint density at radius 2 is 0.557 bits per heavy atom. The van der Waals surface area contributed by atoms with Crippen molar-refractivity contribution < 1.29 is 195 Å². The molecule has 0 fully saturated rings. The van der Waals surface area contributed by atoms with Crippen LogP contribution in [0.15, 0.2) is 65.9 Å². The van der Waals surface area contributed by atoms with E-state index in [4.69, 9.17) is 200 Å². The zero-order valence-corrected chi connectivity index (χ0v) is 105. The van der Waals surface area contributed by atoms with E-state index in [0.717, 1.165) is 28.2 Å². The SMILES string of the molecule is C=NC(COP(OCC)OCC)OP(OCC)OCC.CCOC(COP(OCC)OCC)OP(OCC)OCC.CCOP(OCC)OC(C)C(C)OP(OCC)OCC.CCOP(OCC)OCC(CC)OP(OCC)OCC.CCOP(OCC)OCC(N)OP(OCC)OCC.CCOP(OCC)OCC(S)OP(OCC)OCC.c1cc2c3c(ccnc3c1)OP(OCCOP1Oc3cccc4nccc(c34)O1)O2. The van der Waals surface area contributed by atoms with Crippen molar-refractivity contribution in [2.75, 3.05) is 211 Å². The number of ether oxygens (including phenoxy) is 1. The first-order chi connectivity index (χ1) is 72.4. The summed E-state index contributed by atoms with van der Waals surface area (Å²) in [4.78, 5) is 12.5. The van der Waals surface area contributed by atoms with E-state index in [0.29, 0.717) is 195 Å². The summed E-state index contributed by atoms with van der Waals surface area (Å²) in [5.41, 5.74) is 6.98. The lowest BCUT2D eigenvalue weighted by Gasteiger charge is -2.26. The normalized spacial score (nSPS) is 14.7. The Bertz CT molecular complexity index is 3340. The van der Waals surface area contributed by atoms with Crippen molar-refractivity contribution in [3.05, 3.63) is 60.9 Å². The van der Waals surface area contributed by atoms with Crippen LogP contribution in [0.2, 0.25) is 0 Å². The summed E-state index contributed by atoms with van der Waals surface area (Å²) in [6, 6.07) is 15.0. The highest BCUT2D eigenvalue weighted by atomic mass is 32.1. The maximum Gasteiger partial charge on any atom is 0.463 e. The highest BCUT2D eigenvalue weighted by Gasteiger charge is 2.33. The van der Waals surface area contributed by atoms with E-state index in [2.05, 4.69) is 34.3 Å². The molecule has 0 radical (unpaired) electrons. The van der Waals surface area contributed by atoms with Crippen LogP contribution in [0.3, 0.4) is 0 Å². The first kappa shape index (κ1) is 150. The fourth-order valence-electron chi connectivity index (χ4n) is 9.37. The Balaban J connectivity index is 0.00000173. The van der Waals surface area contributed by atoms with Crippen molar-refractivity contribution in [1.82, 2.24) is 9.97 Å². The molecule has 47 nitrogen and oxygen atoms in total. The van der Waals surface area contributed by atoms with Crippen LogP contribution in [0.5, 0.6) is 23.0 Å². The lowest BCUT2D eigenvalue weighted by atomic mass is 10.2. The van der Waals surface area contributed by atoms with Gasteiger partial charge in [-0.25, -0.2) is 0 Å². The molecule has 874 valence electrons. The number of benzene rings is 2. The van der Waals surface area contributed by atoms with Gasteiger partial charge in [0, 0.05) is 19.0 Å². The van der Waals surface area contributed by atoms with Crippen molar-refractivity contribution in [3.8, 4) is 23.0 Å². The number of thiol groups is 1. The van der Waals surface area contributed by atoms with Crippen LogP contribution in [-0.4, -0.2) is 271 Å². The number of pyridine rings is 2. The molecule has 0 saturated carbocycles. The summed E-state index contributed by atoms with van der Waals surface area (Å²) >= 11 is 4.27. The van der Waals surface area contributed by atoms with Gasteiger partial charge < -0.3 is 173 Å². The van der Waals surface area contributed by atoms with Crippen LogP contribution in [0.25, 0.3) is 21.8 Å². The van der Waals surface area contributed by atoms with Crippen molar-refractivity contribution >= 4 is 162 Å². The third-order valence-electron chi connectivity index (χ3n) is 15.1. The first-order valence-corrected chi connectivity index (χ1v) is 65.6. The van der Waals surface area contributed by atoms with Crippen LogP contribution >= 0.6 is 133 Å². The molecule has 0 saturated heterocycles.